The van der Waals surface area contributed by atoms with Crippen LogP contribution in [0.1, 0.15) is 30.4 Å². The van der Waals surface area contributed by atoms with Gasteiger partial charge in [0.15, 0.2) is 0 Å². The zero-order valence-corrected chi connectivity index (χ0v) is 14.1. The van der Waals surface area contributed by atoms with E-state index in [-0.39, 0.29) is 5.91 Å². The van der Waals surface area contributed by atoms with E-state index >= 15 is 0 Å². The lowest BCUT2D eigenvalue weighted by atomic mass is 9.93. The molecule has 1 aliphatic rings. The average Bonchev–Trinajstić information content (AvgIpc) is 2.50. The quantitative estimate of drug-likeness (QED) is 0.849. The van der Waals surface area contributed by atoms with E-state index < -0.39 is 0 Å². The second-order valence-electron chi connectivity index (χ2n) is 6.43. The first-order valence-corrected chi connectivity index (χ1v) is 8.33. The van der Waals surface area contributed by atoms with Crippen LogP contribution in [0.25, 0.3) is 0 Å². The third-order valence-corrected chi connectivity index (χ3v) is 4.62. The lowest BCUT2D eigenvalue weighted by molar-refractivity contribution is -0.117. The Hall–Kier alpha value is -1.39. The topological polar surface area (TPSA) is 44.4 Å². The molecule has 0 atom stereocenters. The van der Waals surface area contributed by atoms with Gasteiger partial charge in [-0.1, -0.05) is 18.2 Å². The first-order chi connectivity index (χ1) is 10.6. The number of anilines is 1. The van der Waals surface area contributed by atoms with Gasteiger partial charge in [0.25, 0.3) is 0 Å². The Morgan fingerprint density at radius 3 is 2.45 bits per heavy atom. The third-order valence-electron chi connectivity index (χ3n) is 4.62. The predicted molar refractivity (Wildman–Crippen MR) is 92.3 cm³/mol. The number of rotatable bonds is 6. The standard InChI is InChI=1S/C18H29N3O/c1-14-5-4-6-15(2)18(14)20-17(22)13-21-11-8-16(9-12-21)7-10-19-3/h4-6,16,19H,7-13H2,1-3H3,(H,20,22). The third kappa shape index (κ3) is 4.82. The highest BCUT2D eigenvalue weighted by Crippen LogP contribution is 2.21. The lowest BCUT2D eigenvalue weighted by Gasteiger charge is -2.31. The van der Waals surface area contributed by atoms with Crippen molar-refractivity contribution in [3.63, 3.8) is 0 Å². The molecule has 1 saturated heterocycles. The number of benzene rings is 1. The number of piperidine rings is 1. The number of hydrogen-bond acceptors (Lipinski definition) is 3. The molecule has 4 heteroatoms. The maximum Gasteiger partial charge on any atom is 0.238 e. The van der Waals surface area contributed by atoms with E-state index in [2.05, 4.69) is 15.5 Å². The summed E-state index contributed by atoms with van der Waals surface area (Å²) >= 11 is 0. The van der Waals surface area contributed by atoms with Crippen LogP contribution in [-0.4, -0.2) is 44.0 Å². The second kappa shape index (κ2) is 8.30. The van der Waals surface area contributed by atoms with Gasteiger partial charge < -0.3 is 10.6 Å². The van der Waals surface area contributed by atoms with Crippen LogP contribution < -0.4 is 10.6 Å². The van der Waals surface area contributed by atoms with Gasteiger partial charge in [-0.05, 0) is 76.8 Å². The summed E-state index contributed by atoms with van der Waals surface area (Å²) in [6, 6.07) is 6.10. The predicted octanol–water partition coefficient (Wildman–Crippen LogP) is 2.56. The number of nitrogens with zero attached hydrogens (tertiary/aromatic N) is 1. The largest absolute Gasteiger partial charge is 0.324 e. The van der Waals surface area contributed by atoms with Crippen LogP contribution in [0.4, 0.5) is 5.69 Å². The molecule has 1 fully saturated rings. The summed E-state index contributed by atoms with van der Waals surface area (Å²) in [6.45, 7) is 7.75. The van der Waals surface area contributed by atoms with Crippen molar-refractivity contribution in [1.29, 1.82) is 0 Å². The van der Waals surface area contributed by atoms with E-state index in [1.54, 1.807) is 0 Å². The highest BCUT2D eigenvalue weighted by atomic mass is 16.2. The van der Waals surface area contributed by atoms with Crippen LogP contribution in [0.5, 0.6) is 0 Å². The van der Waals surface area contributed by atoms with Crippen LogP contribution >= 0.6 is 0 Å². The average molecular weight is 303 g/mol. The fourth-order valence-corrected chi connectivity index (χ4v) is 3.18. The van der Waals surface area contributed by atoms with E-state index in [4.69, 9.17) is 0 Å². The van der Waals surface area contributed by atoms with Crippen LogP contribution in [0.2, 0.25) is 0 Å². The molecule has 1 aromatic rings. The fraction of sp³-hybridized carbons (Fsp3) is 0.611. The van der Waals surface area contributed by atoms with Crippen molar-refractivity contribution in [2.45, 2.75) is 33.1 Å². The molecular formula is C18H29N3O. The summed E-state index contributed by atoms with van der Waals surface area (Å²) in [5.41, 5.74) is 3.22. The summed E-state index contributed by atoms with van der Waals surface area (Å²) in [7, 11) is 2.01. The van der Waals surface area contributed by atoms with E-state index in [0.717, 1.165) is 42.4 Å². The van der Waals surface area contributed by atoms with Crippen molar-refractivity contribution in [3.8, 4) is 0 Å². The number of aryl methyl sites for hydroxylation is 2. The van der Waals surface area contributed by atoms with Crippen molar-refractivity contribution in [2.24, 2.45) is 5.92 Å². The van der Waals surface area contributed by atoms with Gasteiger partial charge in [0, 0.05) is 5.69 Å². The van der Waals surface area contributed by atoms with Crippen LogP contribution in [0.15, 0.2) is 18.2 Å². The van der Waals surface area contributed by atoms with Gasteiger partial charge in [-0.15, -0.1) is 0 Å². The van der Waals surface area contributed by atoms with E-state index in [1.165, 1.54) is 19.3 Å². The monoisotopic (exact) mass is 303 g/mol. The SMILES string of the molecule is CNCCC1CCN(CC(=O)Nc2c(C)cccc2C)CC1. The Morgan fingerprint density at radius 2 is 1.86 bits per heavy atom. The molecule has 0 spiro atoms. The van der Waals surface area contributed by atoms with Crippen molar-refractivity contribution in [3.05, 3.63) is 29.3 Å². The molecule has 0 bridgehead atoms. The van der Waals surface area contributed by atoms with Crippen molar-refractivity contribution in [1.82, 2.24) is 10.2 Å². The number of carbonyl (C=O) groups excluding carboxylic acids is 1. The maximum absolute atomic E-state index is 12.3. The number of nitrogens with one attached hydrogen (secondary N) is 2. The number of amides is 1. The molecule has 1 heterocycles. The number of para-hydroxylation sites is 1. The molecule has 0 radical (unpaired) electrons. The van der Waals surface area contributed by atoms with Crippen LogP contribution in [0.3, 0.4) is 0 Å². The van der Waals surface area contributed by atoms with E-state index in [1.807, 2.05) is 39.1 Å². The minimum Gasteiger partial charge on any atom is -0.324 e. The fourth-order valence-electron chi connectivity index (χ4n) is 3.18. The molecule has 0 aliphatic carbocycles. The Balaban J connectivity index is 1.79. The lowest BCUT2D eigenvalue weighted by Crippen LogP contribution is -2.39. The van der Waals surface area contributed by atoms with Crippen molar-refractivity contribution < 1.29 is 4.79 Å². The molecule has 22 heavy (non-hydrogen) atoms. The molecular weight excluding hydrogens is 274 g/mol. The zero-order chi connectivity index (χ0) is 15.9. The Kier molecular flexibility index (Phi) is 6.40. The summed E-state index contributed by atoms with van der Waals surface area (Å²) in [6.07, 6.45) is 3.66. The van der Waals surface area contributed by atoms with Crippen LogP contribution in [-0.2, 0) is 4.79 Å². The normalized spacial score (nSPS) is 16.7. The molecule has 0 unspecified atom stereocenters. The first-order valence-electron chi connectivity index (χ1n) is 8.33. The van der Waals surface area contributed by atoms with Gasteiger partial charge in [0.2, 0.25) is 5.91 Å². The minimum atomic E-state index is 0.103. The van der Waals surface area contributed by atoms with Gasteiger partial charge in [0.1, 0.15) is 0 Å². The van der Waals surface area contributed by atoms with Gasteiger partial charge in [-0.2, -0.15) is 0 Å². The van der Waals surface area contributed by atoms with Crippen LogP contribution in [0, 0.1) is 19.8 Å². The van der Waals surface area contributed by atoms with Gasteiger partial charge >= 0.3 is 0 Å². The van der Waals surface area contributed by atoms with Crippen molar-refractivity contribution in [2.75, 3.05) is 38.5 Å². The Labute approximate surface area is 134 Å². The number of likely N-dealkylation sites (tertiary alicyclic amines) is 1. The summed E-state index contributed by atoms with van der Waals surface area (Å²) < 4.78 is 0. The molecule has 122 valence electrons. The summed E-state index contributed by atoms with van der Waals surface area (Å²) in [5.74, 6) is 0.913. The molecule has 0 saturated carbocycles. The molecule has 1 aliphatic heterocycles. The molecule has 2 rings (SSSR count). The summed E-state index contributed by atoms with van der Waals surface area (Å²) in [5, 5.41) is 6.30. The molecule has 0 aromatic heterocycles. The number of carbonyl (C=O) groups is 1. The zero-order valence-electron chi connectivity index (χ0n) is 14.1. The highest BCUT2D eigenvalue weighted by Gasteiger charge is 2.20. The maximum atomic E-state index is 12.3. The smallest absolute Gasteiger partial charge is 0.238 e. The van der Waals surface area contributed by atoms with Gasteiger partial charge in [0.05, 0.1) is 6.54 Å². The highest BCUT2D eigenvalue weighted by molar-refractivity contribution is 5.93. The first kappa shape index (κ1) is 17.0. The Morgan fingerprint density at radius 1 is 1.23 bits per heavy atom. The van der Waals surface area contributed by atoms with Gasteiger partial charge in [-0.3, -0.25) is 9.69 Å². The molecule has 4 nitrogen and oxygen atoms in total. The van der Waals surface area contributed by atoms with Crippen molar-refractivity contribution >= 4 is 11.6 Å². The Bertz CT molecular complexity index is 473. The number of hydrogen-bond donors (Lipinski definition) is 2. The molecule has 1 aromatic carbocycles. The second-order valence-corrected chi connectivity index (χ2v) is 6.43. The summed E-state index contributed by atoms with van der Waals surface area (Å²) in [4.78, 5) is 14.6. The van der Waals surface area contributed by atoms with E-state index in [0.29, 0.717) is 6.54 Å². The molecule has 1 amide bonds. The molecule has 2 N–H and O–H groups in total. The van der Waals surface area contributed by atoms with Gasteiger partial charge in [-0.25, -0.2) is 0 Å². The van der Waals surface area contributed by atoms with E-state index in [9.17, 15) is 4.79 Å². The minimum absolute atomic E-state index is 0.103.